The largest absolute Gasteiger partial charge is 0.504 e. The van der Waals surface area contributed by atoms with Crippen LogP contribution < -0.4 is 0 Å². The summed E-state index contributed by atoms with van der Waals surface area (Å²) >= 11 is 0. The molecule has 1 N–H and O–H groups in total. The van der Waals surface area contributed by atoms with Gasteiger partial charge in [-0.1, -0.05) is 0 Å². The number of rotatable bonds is 1. The number of hydrogen-bond acceptors (Lipinski definition) is 3. The second kappa shape index (κ2) is 3.79. The predicted octanol–water partition coefficient (Wildman–Crippen LogP) is 1.93. The van der Waals surface area contributed by atoms with Crippen molar-refractivity contribution in [2.75, 3.05) is 13.2 Å². The molecule has 4 nitrogen and oxygen atoms in total. The highest BCUT2D eigenvalue weighted by Crippen LogP contribution is 2.26. The fraction of sp³-hybridized carbons (Fsp3) is 0.417. The number of ether oxygens (including phenoxy) is 1. The van der Waals surface area contributed by atoms with Crippen LogP contribution in [0.2, 0.25) is 0 Å². The predicted molar refractivity (Wildman–Crippen MR) is 59.7 cm³/mol. The highest BCUT2D eigenvalue weighted by Gasteiger charge is 2.19. The van der Waals surface area contributed by atoms with Gasteiger partial charge in [-0.15, -0.1) is 0 Å². The molecule has 1 aliphatic rings. The lowest BCUT2D eigenvalue weighted by atomic mass is 9.99. The third-order valence-electron chi connectivity index (χ3n) is 3.06. The fourth-order valence-corrected chi connectivity index (χ4v) is 2.19. The van der Waals surface area contributed by atoms with Crippen LogP contribution in [0.15, 0.2) is 24.5 Å². The maximum absolute atomic E-state index is 9.67. The van der Waals surface area contributed by atoms with E-state index in [1.807, 2.05) is 22.9 Å². The highest BCUT2D eigenvalue weighted by atomic mass is 16.5. The van der Waals surface area contributed by atoms with E-state index in [0.29, 0.717) is 11.6 Å². The molecule has 1 fully saturated rings. The average Bonchev–Trinajstić information content (AvgIpc) is 2.76. The van der Waals surface area contributed by atoms with Crippen molar-refractivity contribution >= 4 is 5.65 Å². The molecule has 1 unspecified atom stereocenters. The van der Waals surface area contributed by atoms with Crippen LogP contribution in [0.3, 0.4) is 0 Å². The Kier molecular flexibility index (Phi) is 2.29. The van der Waals surface area contributed by atoms with Gasteiger partial charge in [-0.05, 0) is 25.0 Å². The molecule has 0 bridgehead atoms. The standard InChI is InChI=1S/C12H14N2O2/c15-11-4-1-5-14-7-10(13-12(11)14)9-3-2-6-16-8-9/h1,4-5,7,9,15H,2-3,6,8H2. The number of fused-ring (bicyclic) bond motifs is 1. The molecule has 84 valence electrons. The van der Waals surface area contributed by atoms with Crippen LogP contribution in [0.1, 0.15) is 24.5 Å². The maximum atomic E-state index is 9.67. The van der Waals surface area contributed by atoms with Crippen LogP contribution in [0, 0.1) is 0 Å². The first kappa shape index (κ1) is 9.66. The first-order valence-electron chi connectivity index (χ1n) is 5.59. The van der Waals surface area contributed by atoms with Gasteiger partial charge in [0.2, 0.25) is 0 Å². The van der Waals surface area contributed by atoms with Crippen LogP contribution in [0.25, 0.3) is 5.65 Å². The van der Waals surface area contributed by atoms with Gasteiger partial charge in [-0.3, -0.25) is 0 Å². The van der Waals surface area contributed by atoms with Crippen molar-refractivity contribution in [1.29, 1.82) is 0 Å². The molecule has 0 spiro atoms. The lowest BCUT2D eigenvalue weighted by Crippen LogP contribution is -2.15. The Morgan fingerprint density at radius 2 is 2.44 bits per heavy atom. The molecule has 3 rings (SSSR count). The minimum atomic E-state index is 0.227. The van der Waals surface area contributed by atoms with E-state index >= 15 is 0 Å². The molecule has 0 radical (unpaired) electrons. The lowest BCUT2D eigenvalue weighted by molar-refractivity contribution is 0.0794. The van der Waals surface area contributed by atoms with Gasteiger partial charge in [-0.2, -0.15) is 0 Å². The summed E-state index contributed by atoms with van der Waals surface area (Å²) in [6.45, 7) is 1.60. The Balaban J connectivity index is 2.01. The first-order valence-corrected chi connectivity index (χ1v) is 5.59. The molecule has 0 amide bonds. The number of aromatic nitrogens is 2. The summed E-state index contributed by atoms with van der Waals surface area (Å²) in [6, 6.07) is 3.47. The van der Waals surface area contributed by atoms with Crippen LogP contribution in [-0.4, -0.2) is 27.7 Å². The smallest absolute Gasteiger partial charge is 0.179 e. The topological polar surface area (TPSA) is 46.8 Å². The van der Waals surface area contributed by atoms with Crippen molar-refractivity contribution < 1.29 is 9.84 Å². The van der Waals surface area contributed by atoms with Crippen molar-refractivity contribution in [3.63, 3.8) is 0 Å². The summed E-state index contributed by atoms with van der Waals surface area (Å²) in [5.74, 6) is 0.596. The zero-order chi connectivity index (χ0) is 11.0. The van der Waals surface area contributed by atoms with Crippen molar-refractivity contribution in [2.24, 2.45) is 0 Å². The average molecular weight is 218 g/mol. The summed E-state index contributed by atoms with van der Waals surface area (Å²) in [7, 11) is 0. The molecule has 0 saturated carbocycles. The van der Waals surface area contributed by atoms with Gasteiger partial charge in [0.1, 0.15) is 0 Å². The number of imidazole rings is 1. The Morgan fingerprint density at radius 1 is 1.50 bits per heavy atom. The monoisotopic (exact) mass is 218 g/mol. The molecule has 1 saturated heterocycles. The lowest BCUT2D eigenvalue weighted by Gasteiger charge is -2.19. The molecular weight excluding hydrogens is 204 g/mol. The highest BCUT2D eigenvalue weighted by molar-refractivity contribution is 5.53. The second-order valence-electron chi connectivity index (χ2n) is 4.20. The van der Waals surface area contributed by atoms with E-state index in [2.05, 4.69) is 4.98 Å². The molecule has 2 aromatic heterocycles. The zero-order valence-corrected chi connectivity index (χ0v) is 8.97. The molecule has 16 heavy (non-hydrogen) atoms. The van der Waals surface area contributed by atoms with Gasteiger partial charge in [0.25, 0.3) is 0 Å². The number of pyridine rings is 1. The Hall–Kier alpha value is -1.55. The van der Waals surface area contributed by atoms with E-state index in [1.165, 1.54) is 0 Å². The van der Waals surface area contributed by atoms with E-state index in [4.69, 9.17) is 4.74 Å². The van der Waals surface area contributed by atoms with Crippen LogP contribution >= 0.6 is 0 Å². The molecule has 3 heterocycles. The van der Waals surface area contributed by atoms with Crippen molar-refractivity contribution in [3.8, 4) is 5.75 Å². The summed E-state index contributed by atoms with van der Waals surface area (Å²) < 4.78 is 7.31. The van der Waals surface area contributed by atoms with Gasteiger partial charge in [0, 0.05) is 24.9 Å². The summed E-state index contributed by atoms with van der Waals surface area (Å²) in [4.78, 5) is 4.47. The molecule has 1 aliphatic heterocycles. The van der Waals surface area contributed by atoms with Crippen LogP contribution in [0.5, 0.6) is 5.75 Å². The number of hydrogen-bond donors (Lipinski definition) is 1. The van der Waals surface area contributed by atoms with E-state index in [9.17, 15) is 5.11 Å². The minimum Gasteiger partial charge on any atom is -0.504 e. The second-order valence-corrected chi connectivity index (χ2v) is 4.20. The molecular formula is C12H14N2O2. The van der Waals surface area contributed by atoms with Gasteiger partial charge in [-0.25, -0.2) is 4.98 Å². The SMILES string of the molecule is Oc1cccn2cc(C3CCCOC3)nc12. The molecule has 4 heteroatoms. The molecule has 0 aliphatic carbocycles. The quantitative estimate of drug-likeness (QED) is 0.795. The van der Waals surface area contributed by atoms with Crippen LogP contribution in [0.4, 0.5) is 0 Å². The maximum Gasteiger partial charge on any atom is 0.179 e. The third kappa shape index (κ3) is 1.55. The van der Waals surface area contributed by atoms with E-state index < -0.39 is 0 Å². The van der Waals surface area contributed by atoms with Gasteiger partial charge in [0.15, 0.2) is 11.4 Å². The fourth-order valence-electron chi connectivity index (χ4n) is 2.19. The third-order valence-corrected chi connectivity index (χ3v) is 3.06. The van der Waals surface area contributed by atoms with E-state index in [1.54, 1.807) is 6.07 Å². The molecule has 0 aromatic carbocycles. The van der Waals surface area contributed by atoms with Crippen molar-refractivity contribution in [1.82, 2.24) is 9.38 Å². The van der Waals surface area contributed by atoms with E-state index in [0.717, 1.165) is 31.7 Å². The summed E-state index contributed by atoms with van der Waals surface area (Å²) in [5, 5.41) is 9.67. The van der Waals surface area contributed by atoms with Gasteiger partial charge in [0.05, 0.1) is 12.3 Å². The normalized spacial score (nSPS) is 21.4. The van der Waals surface area contributed by atoms with Gasteiger partial charge >= 0.3 is 0 Å². The Morgan fingerprint density at radius 3 is 3.19 bits per heavy atom. The Bertz CT molecular complexity index is 501. The number of aromatic hydroxyl groups is 1. The van der Waals surface area contributed by atoms with E-state index in [-0.39, 0.29) is 5.75 Å². The van der Waals surface area contributed by atoms with Gasteiger partial charge < -0.3 is 14.2 Å². The molecule has 1 atom stereocenters. The van der Waals surface area contributed by atoms with Crippen molar-refractivity contribution in [3.05, 3.63) is 30.2 Å². The van der Waals surface area contributed by atoms with Crippen molar-refractivity contribution in [2.45, 2.75) is 18.8 Å². The van der Waals surface area contributed by atoms with Crippen LogP contribution in [-0.2, 0) is 4.74 Å². The minimum absolute atomic E-state index is 0.227. The number of nitrogens with zero attached hydrogens (tertiary/aromatic N) is 2. The first-order chi connectivity index (χ1) is 7.84. The molecule has 2 aromatic rings. The summed E-state index contributed by atoms with van der Waals surface area (Å²) in [5.41, 5.74) is 1.64. The Labute approximate surface area is 93.5 Å². The zero-order valence-electron chi connectivity index (χ0n) is 8.97. The summed E-state index contributed by atoms with van der Waals surface area (Å²) in [6.07, 6.45) is 6.08.